The minimum atomic E-state index is -0.794. The van der Waals surface area contributed by atoms with Gasteiger partial charge in [0.25, 0.3) is 5.91 Å². The van der Waals surface area contributed by atoms with Crippen LogP contribution in [0.5, 0.6) is 0 Å². The lowest BCUT2D eigenvalue weighted by atomic mass is 10.1. The predicted molar refractivity (Wildman–Crippen MR) is 79.8 cm³/mol. The summed E-state index contributed by atoms with van der Waals surface area (Å²) in [6, 6.07) is 1.95. The van der Waals surface area contributed by atoms with E-state index in [-0.39, 0.29) is 17.9 Å². The maximum Gasteiger partial charge on any atom is 0.308 e. The number of rotatable bonds is 5. The van der Waals surface area contributed by atoms with Crippen LogP contribution in [0.1, 0.15) is 45.5 Å². The van der Waals surface area contributed by atoms with Crippen LogP contribution in [-0.2, 0) is 20.9 Å². The minimum absolute atomic E-state index is 0.190. The summed E-state index contributed by atoms with van der Waals surface area (Å²) in [6.07, 6.45) is -0.605. The topological polar surface area (TPSA) is 73.2 Å². The summed E-state index contributed by atoms with van der Waals surface area (Å²) in [7, 11) is 0. The molecule has 0 aromatic carbocycles. The first-order valence-corrected chi connectivity index (χ1v) is 7.11. The molecule has 118 valence electrons. The van der Waals surface area contributed by atoms with Gasteiger partial charge in [0.15, 0.2) is 6.10 Å². The molecule has 1 amide bonds. The smallest absolute Gasteiger partial charge is 0.308 e. The molecule has 0 radical (unpaired) electrons. The van der Waals surface area contributed by atoms with Crippen molar-refractivity contribution in [1.82, 2.24) is 15.1 Å². The third-order valence-corrected chi connectivity index (χ3v) is 2.81. The van der Waals surface area contributed by atoms with Crippen LogP contribution in [-0.4, -0.2) is 33.3 Å². The summed E-state index contributed by atoms with van der Waals surface area (Å²) < 4.78 is 6.89. The molecular weight excluding hydrogens is 270 g/mol. The van der Waals surface area contributed by atoms with Gasteiger partial charge in [-0.05, 0) is 47.6 Å². The highest BCUT2D eigenvalue weighted by Gasteiger charge is 2.22. The van der Waals surface area contributed by atoms with Gasteiger partial charge < -0.3 is 10.1 Å². The van der Waals surface area contributed by atoms with E-state index >= 15 is 0 Å². The second-order valence-corrected chi connectivity index (χ2v) is 6.27. The van der Waals surface area contributed by atoms with Gasteiger partial charge in [-0.1, -0.05) is 0 Å². The van der Waals surface area contributed by atoms with E-state index in [9.17, 15) is 9.59 Å². The Labute approximate surface area is 125 Å². The quantitative estimate of drug-likeness (QED) is 0.840. The van der Waals surface area contributed by atoms with Crippen LogP contribution >= 0.6 is 0 Å². The van der Waals surface area contributed by atoms with E-state index in [0.29, 0.717) is 6.54 Å². The van der Waals surface area contributed by atoms with Gasteiger partial charge in [-0.25, -0.2) is 0 Å². The van der Waals surface area contributed by atoms with E-state index in [1.165, 1.54) is 0 Å². The highest BCUT2D eigenvalue weighted by atomic mass is 16.5. The molecule has 6 heteroatoms. The molecule has 0 saturated carbocycles. The average molecular weight is 295 g/mol. The Morgan fingerprint density at radius 2 is 2.00 bits per heavy atom. The van der Waals surface area contributed by atoms with Gasteiger partial charge in [-0.3, -0.25) is 14.3 Å². The Hall–Kier alpha value is -1.85. The van der Waals surface area contributed by atoms with Crippen LogP contribution in [0.3, 0.4) is 0 Å². The zero-order valence-electron chi connectivity index (χ0n) is 13.7. The standard InChI is InChI=1S/C15H25N3O3/c1-10-9-11(2)18(17-10)8-7-13(19)21-12(3)14(20)16-15(4,5)6/h9,12H,7-8H2,1-6H3,(H,16,20). The molecule has 0 bridgehead atoms. The molecule has 1 atom stereocenters. The summed E-state index contributed by atoms with van der Waals surface area (Å²) in [5, 5.41) is 7.05. The fourth-order valence-electron chi connectivity index (χ4n) is 1.88. The van der Waals surface area contributed by atoms with Crippen LogP contribution in [0.2, 0.25) is 0 Å². The molecule has 0 aliphatic rings. The van der Waals surface area contributed by atoms with Crippen LogP contribution in [0.25, 0.3) is 0 Å². The van der Waals surface area contributed by atoms with Crippen molar-refractivity contribution in [2.45, 2.75) is 66.2 Å². The number of esters is 1. The van der Waals surface area contributed by atoms with E-state index in [2.05, 4.69) is 10.4 Å². The van der Waals surface area contributed by atoms with Crippen molar-refractivity contribution < 1.29 is 14.3 Å². The molecule has 0 saturated heterocycles. The molecule has 1 aromatic heterocycles. The number of aromatic nitrogens is 2. The molecule has 1 aromatic rings. The number of hydrogen-bond acceptors (Lipinski definition) is 4. The van der Waals surface area contributed by atoms with Gasteiger partial charge >= 0.3 is 5.97 Å². The molecule has 0 aliphatic carbocycles. The van der Waals surface area contributed by atoms with Gasteiger partial charge in [-0.15, -0.1) is 0 Å². The minimum Gasteiger partial charge on any atom is -0.452 e. The number of nitrogens with zero attached hydrogens (tertiary/aromatic N) is 2. The van der Waals surface area contributed by atoms with Gasteiger partial charge in [0.2, 0.25) is 0 Å². The third kappa shape index (κ3) is 5.97. The van der Waals surface area contributed by atoms with Gasteiger partial charge in [-0.2, -0.15) is 5.10 Å². The normalized spacial score (nSPS) is 12.9. The van der Waals surface area contributed by atoms with E-state index in [4.69, 9.17) is 4.74 Å². The zero-order chi connectivity index (χ0) is 16.2. The highest BCUT2D eigenvalue weighted by molar-refractivity contribution is 5.83. The number of hydrogen-bond donors (Lipinski definition) is 1. The maximum atomic E-state index is 11.8. The van der Waals surface area contributed by atoms with E-state index < -0.39 is 12.1 Å². The van der Waals surface area contributed by atoms with Gasteiger partial charge in [0, 0.05) is 11.2 Å². The van der Waals surface area contributed by atoms with Crippen LogP contribution < -0.4 is 5.32 Å². The Kier molecular flexibility index (Phi) is 5.52. The number of nitrogens with one attached hydrogen (secondary N) is 1. The van der Waals surface area contributed by atoms with Gasteiger partial charge in [0.1, 0.15) is 0 Å². The Morgan fingerprint density at radius 1 is 1.38 bits per heavy atom. The van der Waals surface area contributed by atoms with Crippen molar-refractivity contribution >= 4 is 11.9 Å². The number of ether oxygens (including phenoxy) is 1. The number of amides is 1. The molecule has 1 heterocycles. The van der Waals surface area contributed by atoms with Crippen molar-refractivity contribution in [2.75, 3.05) is 0 Å². The third-order valence-electron chi connectivity index (χ3n) is 2.81. The van der Waals surface area contributed by atoms with Crippen molar-refractivity contribution in [3.05, 3.63) is 17.5 Å². The fourth-order valence-corrected chi connectivity index (χ4v) is 1.88. The highest BCUT2D eigenvalue weighted by Crippen LogP contribution is 2.05. The molecule has 1 unspecified atom stereocenters. The van der Waals surface area contributed by atoms with Crippen molar-refractivity contribution in [2.24, 2.45) is 0 Å². The van der Waals surface area contributed by atoms with Crippen LogP contribution in [0.4, 0.5) is 0 Å². The predicted octanol–water partition coefficient (Wildman–Crippen LogP) is 1.74. The maximum absolute atomic E-state index is 11.8. The molecule has 21 heavy (non-hydrogen) atoms. The summed E-state index contributed by atoms with van der Waals surface area (Å²) in [5.41, 5.74) is 1.57. The van der Waals surface area contributed by atoms with Crippen molar-refractivity contribution in [3.8, 4) is 0 Å². The molecule has 6 nitrogen and oxygen atoms in total. The van der Waals surface area contributed by atoms with Crippen molar-refractivity contribution in [3.63, 3.8) is 0 Å². The Balaban J connectivity index is 2.43. The fraction of sp³-hybridized carbons (Fsp3) is 0.667. The van der Waals surface area contributed by atoms with E-state index in [1.54, 1.807) is 11.6 Å². The molecular formula is C15H25N3O3. The van der Waals surface area contributed by atoms with Crippen LogP contribution in [0.15, 0.2) is 6.07 Å². The largest absolute Gasteiger partial charge is 0.452 e. The monoisotopic (exact) mass is 295 g/mol. The second kappa shape index (κ2) is 6.74. The van der Waals surface area contributed by atoms with E-state index in [0.717, 1.165) is 11.4 Å². The zero-order valence-corrected chi connectivity index (χ0v) is 13.7. The number of carbonyl (C=O) groups is 2. The molecule has 0 spiro atoms. The van der Waals surface area contributed by atoms with Crippen LogP contribution in [0, 0.1) is 13.8 Å². The Morgan fingerprint density at radius 3 is 2.48 bits per heavy atom. The first-order valence-electron chi connectivity index (χ1n) is 7.11. The van der Waals surface area contributed by atoms with Gasteiger partial charge in [0.05, 0.1) is 18.7 Å². The second-order valence-electron chi connectivity index (χ2n) is 6.27. The first-order chi connectivity index (χ1) is 9.58. The lowest BCUT2D eigenvalue weighted by Crippen LogP contribution is -2.46. The molecule has 1 N–H and O–H groups in total. The first kappa shape index (κ1) is 17.2. The van der Waals surface area contributed by atoms with Crippen molar-refractivity contribution in [1.29, 1.82) is 0 Å². The summed E-state index contributed by atoms with van der Waals surface area (Å²) in [4.78, 5) is 23.6. The average Bonchev–Trinajstić information content (AvgIpc) is 2.63. The SMILES string of the molecule is Cc1cc(C)n(CCC(=O)OC(C)C(=O)NC(C)(C)C)n1. The summed E-state index contributed by atoms with van der Waals surface area (Å²) in [6.45, 7) is 11.5. The number of carbonyl (C=O) groups excluding carboxylic acids is 2. The summed E-state index contributed by atoms with van der Waals surface area (Å²) >= 11 is 0. The summed E-state index contributed by atoms with van der Waals surface area (Å²) in [5.74, 6) is -0.693. The molecule has 0 aliphatic heterocycles. The Bertz CT molecular complexity index is 515. The van der Waals surface area contributed by atoms with E-state index in [1.807, 2.05) is 40.7 Å². The molecule has 0 fully saturated rings. The molecule has 1 rings (SSSR count). The lowest BCUT2D eigenvalue weighted by molar-refractivity contribution is -0.155. The lowest BCUT2D eigenvalue weighted by Gasteiger charge is -2.23. The number of aryl methyl sites for hydroxylation is 3.